The van der Waals surface area contributed by atoms with Gasteiger partial charge in [0.25, 0.3) is 5.91 Å². The van der Waals surface area contributed by atoms with Crippen LogP contribution in [-0.4, -0.2) is 33.4 Å². The zero-order valence-corrected chi connectivity index (χ0v) is 16.4. The van der Waals surface area contributed by atoms with Crippen LogP contribution in [0.15, 0.2) is 60.2 Å². The Bertz CT molecular complexity index is 1050. The van der Waals surface area contributed by atoms with Crippen LogP contribution in [0.4, 0.5) is 0 Å². The molecule has 1 aromatic carbocycles. The number of amides is 1. The van der Waals surface area contributed by atoms with Crippen LogP contribution in [-0.2, 0) is 0 Å². The van der Waals surface area contributed by atoms with Crippen molar-refractivity contribution in [3.05, 3.63) is 70.1 Å². The number of carbonyl (C=O) groups excluding carboxylic acids is 1. The van der Waals surface area contributed by atoms with Gasteiger partial charge in [-0.3, -0.25) is 4.79 Å². The molecule has 0 spiro atoms. The van der Waals surface area contributed by atoms with Gasteiger partial charge in [-0.1, -0.05) is 12.1 Å². The van der Waals surface area contributed by atoms with E-state index in [1.165, 1.54) is 16.0 Å². The molecule has 4 aromatic rings. The SMILES string of the molecule is O=C(c1sccc1-n1cccc1)N1CCC[C@H](c2nc3ccccc3s2)C1. The van der Waals surface area contributed by atoms with Crippen LogP contribution in [0.1, 0.15) is 33.4 Å². The number of hydrogen-bond donors (Lipinski definition) is 0. The molecular weight excluding hydrogens is 374 g/mol. The Balaban J connectivity index is 1.40. The molecule has 1 atom stereocenters. The number of fused-ring (bicyclic) bond motifs is 1. The normalized spacial score (nSPS) is 17.5. The standard InChI is InChI=1S/C21H19N3OS2/c25-21(19-17(9-13-26-19)23-10-3-4-11-23)24-12-5-6-15(14-24)20-22-16-7-1-2-8-18(16)27-20/h1-4,7-11,13,15H,5-6,12,14H2/t15-/m0/s1. The summed E-state index contributed by atoms with van der Waals surface area (Å²) in [5.74, 6) is 0.467. The number of likely N-dealkylation sites (tertiary alicyclic amines) is 1. The minimum absolute atomic E-state index is 0.138. The average molecular weight is 394 g/mol. The second-order valence-corrected chi connectivity index (χ2v) is 8.81. The highest BCUT2D eigenvalue weighted by molar-refractivity contribution is 7.18. The fourth-order valence-corrected chi connectivity index (χ4v) is 5.68. The number of thiazole rings is 1. The van der Waals surface area contributed by atoms with Gasteiger partial charge in [-0.15, -0.1) is 22.7 Å². The summed E-state index contributed by atoms with van der Waals surface area (Å²) in [6.45, 7) is 1.57. The first-order valence-electron chi connectivity index (χ1n) is 9.15. The number of aromatic nitrogens is 2. The highest BCUT2D eigenvalue weighted by Crippen LogP contribution is 2.34. The Morgan fingerprint density at radius 3 is 2.81 bits per heavy atom. The molecule has 1 saturated heterocycles. The number of benzene rings is 1. The monoisotopic (exact) mass is 393 g/mol. The van der Waals surface area contributed by atoms with Gasteiger partial charge >= 0.3 is 0 Å². The predicted molar refractivity (Wildman–Crippen MR) is 111 cm³/mol. The molecule has 5 rings (SSSR count). The Kier molecular flexibility index (Phi) is 4.30. The summed E-state index contributed by atoms with van der Waals surface area (Å²) in [4.78, 5) is 20.9. The predicted octanol–water partition coefficient (Wildman–Crippen LogP) is 5.17. The van der Waals surface area contributed by atoms with Crippen LogP contribution in [0.5, 0.6) is 0 Å². The molecule has 0 N–H and O–H groups in total. The van der Waals surface area contributed by atoms with E-state index < -0.39 is 0 Å². The number of hydrogen-bond acceptors (Lipinski definition) is 4. The fourth-order valence-electron chi connectivity index (χ4n) is 3.73. The first-order chi connectivity index (χ1) is 13.3. The van der Waals surface area contributed by atoms with Gasteiger partial charge in [-0.2, -0.15) is 0 Å². The van der Waals surface area contributed by atoms with Crippen LogP contribution in [0, 0.1) is 0 Å². The van der Waals surface area contributed by atoms with Crippen LogP contribution < -0.4 is 0 Å². The maximum absolute atomic E-state index is 13.2. The lowest BCUT2D eigenvalue weighted by atomic mass is 9.98. The molecule has 1 aliphatic rings. The summed E-state index contributed by atoms with van der Waals surface area (Å²) in [6.07, 6.45) is 6.09. The number of piperidine rings is 1. The van der Waals surface area contributed by atoms with E-state index in [9.17, 15) is 4.79 Å². The Morgan fingerprint density at radius 1 is 1.11 bits per heavy atom. The number of rotatable bonds is 3. The minimum atomic E-state index is 0.138. The highest BCUT2D eigenvalue weighted by Gasteiger charge is 2.29. The lowest BCUT2D eigenvalue weighted by Crippen LogP contribution is -2.39. The van der Waals surface area contributed by atoms with Gasteiger partial charge in [0.2, 0.25) is 0 Å². The van der Waals surface area contributed by atoms with Crippen molar-refractivity contribution in [2.45, 2.75) is 18.8 Å². The Hall–Kier alpha value is -2.44. The van der Waals surface area contributed by atoms with Gasteiger partial charge in [0.1, 0.15) is 4.88 Å². The molecule has 4 heterocycles. The molecule has 0 saturated carbocycles. The van der Waals surface area contributed by atoms with Crippen molar-refractivity contribution < 1.29 is 4.79 Å². The summed E-state index contributed by atoms with van der Waals surface area (Å²) in [6, 6.07) is 14.3. The molecule has 4 nitrogen and oxygen atoms in total. The van der Waals surface area contributed by atoms with Crippen molar-refractivity contribution in [3.63, 3.8) is 0 Å². The van der Waals surface area contributed by atoms with Crippen molar-refractivity contribution >= 4 is 38.8 Å². The van der Waals surface area contributed by atoms with E-state index in [-0.39, 0.29) is 5.91 Å². The average Bonchev–Trinajstić information content (AvgIpc) is 3.47. The zero-order chi connectivity index (χ0) is 18.2. The van der Waals surface area contributed by atoms with Crippen molar-refractivity contribution in [3.8, 4) is 5.69 Å². The summed E-state index contributed by atoms with van der Waals surface area (Å²) in [5, 5.41) is 3.16. The second kappa shape index (κ2) is 6.94. The van der Waals surface area contributed by atoms with Gasteiger partial charge in [0.05, 0.1) is 20.9 Å². The van der Waals surface area contributed by atoms with Crippen LogP contribution in [0.3, 0.4) is 0 Å². The fraction of sp³-hybridized carbons (Fsp3) is 0.238. The van der Waals surface area contributed by atoms with Crippen molar-refractivity contribution in [2.75, 3.05) is 13.1 Å². The largest absolute Gasteiger partial charge is 0.337 e. The number of para-hydroxylation sites is 1. The summed E-state index contributed by atoms with van der Waals surface area (Å²) in [5.41, 5.74) is 2.03. The molecule has 27 heavy (non-hydrogen) atoms. The van der Waals surface area contributed by atoms with Gasteiger partial charge in [0, 0.05) is 31.4 Å². The van der Waals surface area contributed by atoms with Gasteiger partial charge in [0.15, 0.2) is 0 Å². The zero-order valence-electron chi connectivity index (χ0n) is 14.7. The third kappa shape index (κ3) is 3.09. The molecule has 1 amide bonds. The molecule has 6 heteroatoms. The third-order valence-corrected chi connectivity index (χ3v) is 7.18. The summed E-state index contributed by atoms with van der Waals surface area (Å²) >= 11 is 3.29. The third-order valence-electron chi connectivity index (χ3n) is 5.09. The molecule has 0 bridgehead atoms. The Morgan fingerprint density at radius 2 is 1.96 bits per heavy atom. The van der Waals surface area contributed by atoms with Gasteiger partial charge in [-0.05, 0) is 48.6 Å². The van der Waals surface area contributed by atoms with E-state index >= 15 is 0 Å². The molecule has 3 aromatic heterocycles. The molecule has 0 radical (unpaired) electrons. The van der Waals surface area contributed by atoms with Crippen LogP contribution >= 0.6 is 22.7 Å². The first-order valence-corrected chi connectivity index (χ1v) is 10.8. The topological polar surface area (TPSA) is 38.1 Å². The minimum Gasteiger partial charge on any atom is -0.337 e. The summed E-state index contributed by atoms with van der Waals surface area (Å²) in [7, 11) is 0. The quantitative estimate of drug-likeness (QED) is 0.482. The lowest BCUT2D eigenvalue weighted by Gasteiger charge is -2.31. The van der Waals surface area contributed by atoms with Crippen LogP contribution in [0.25, 0.3) is 15.9 Å². The molecule has 0 unspecified atom stereocenters. The number of nitrogens with zero attached hydrogens (tertiary/aromatic N) is 3. The lowest BCUT2D eigenvalue weighted by molar-refractivity contribution is 0.0712. The van der Waals surface area contributed by atoms with Gasteiger partial charge < -0.3 is 9.47 Å². The maximum Gasteiger partial charge on any atom is 0.266 e. The van der Waals surface area contributed by atoms with E-state index in [0.29, 0.717) is 5.92 Å². The molecule has 1 fully saturated rings. The Labute approximate surface area is 165 Å². The molecule has 1 aliphatic heterocycles. The molecular formula is C21H19N3OS2. The first kappa shape index (κ1) is 16.7. The van der Waals surface area contributed by atoms with E-state index in [0.717, 1.165) is 47.0 Å². The van der Waals surface area contributed by atoms with E-state index in [1.54, 1.807) is 11.3 Å². The molecule has 136 valence electrons. The van der Waals surface area contributed by atoms with E-state index in [1.807, 2.05) is 51.5 Å². The van der Waals surface area contributed by atoms with E-state index in [2.05, 4.69) is 18.2 Å². The van der Waals surface area contributed by atoms with Gasteiger partial charge in [-0.25, -0.2) is 4.98 Å². The van der Waals surface area contributed by atoms with Crippen molar-refractivity contribution in [2.24, 2.45) is 0 Å². The number of thiophene rings is 1. The van der Waals surface area contributed by atoms with Crippen molar-refractivity contribution in [1.82, 2.24) is 14.5 Å². The molecule has 0 aliphatic carbocycles. The van der Waals surface area contributed by atoms with Crippen LogP contribution in [0.2, 0.25) is 0 Å². The second-order valence-electron chi connectivity index (χ2n) is 6.84. The smallest absolute Gasteiger partial charge is 0.266 e. The summed E-state index contributed by atoms with van der Waals surface area (Å²) < 4.78 is 3.24. The number of carbonyl (C=O) groups is 1. The maximum atomic E-state index is 13.2. The van der Waals surface area contributed by atoms with E-state index in [4.69, 9.17) is 4.98 Å². The van der Waals surface area contributed by atoms with Crippen molar-refractivity contribution in [1.29, 1.82) is 0 Å². The highest BCUT2D eigenvalue weighted by atomic mass is 32.1.